The number of benzene rings is 1. The van der Waals surface area contributed by atoms with Crippen LogP contribution >= 0.6 is 0 Å². The molecule has 0 spiro atoms. The molecule has 0 N–H and O–H groups in total. The first kappa shape index (κ1) is 14.5. The molecule has 1 radical (unpaired) electrons. The number of rotatable bonds is 4. The van der Waals surface area contributed by atoms with Crippen LogP contribution in [0.25, 0.3) is 0 Å². The fourth-order valence-corrected chi connectivity index (χ4v) is 2.42. The SMILES string of the molecule is Cc1ccc(N=Cc2cn(C)c(C)n2)c(O[Si](C)C)c1. The number of aromatic nitrogens is 2. The third-order valence-corrected chi connectivity index (χ3v) is 3.52. The lowest BCUT2D eigenvalue weighted by molar-refractivity contribution is 0.581. The Bertz CT molecular complexity index is 613. The highest BCUT2D eigenvalue weighted by molar-refractivity contribution is 6.49. The zero-order chi connectivity index (χ0) is 14.7. The molecule has 0 saturated heterocycles. The van der Waals surface area contributed by atoms with Gasteiger partial charge in [-0.2, -0.15) is 0 Å². The molecule has 1 aromatic heterocycles. The van der Waals surface area contributed by atoms with Crippen molar-refractivity contribution in [2.75, 3.05) is 0 Å². The third-order valence-electron chi connectivity index (χ3n) is 2.89. The van der Waals surface area contributed by atoms with Crippen LogP contribution in [0.15, 0.2) is 29.4 Å². The van der Waals surface area contributed by atoms with Gasteiger partial charge in [-0.1, -0.05) is 6.07 Å². The van der Waals surface area contributed by atoms with Crippen LogP contribution in [0.3, 0.4) is 0 Å². The Hall–Kier alpha value is -1.88. The minimum atomic E-state index is -0.804. The second-order valence-corrected chi connectivity index (χ2v) is 7.08. The van der Waals surface area contributed by atoms with E-state index in [4.69, 9.17) is 4.43 Å². The lowest BCUT2D eigenvalue weighted by Gasteiger charge is -2.11. The van der Waals surface area contributed by atoms with E-state index in [1.54, 1.807) is 6.21 Å². The second-order valence-electron chi connectivity index (χ2n) is 5.06. The van der Waals surface area contributed by atoms with E-state index in [0.29, 0.717) is 0 Å². The van der Waals surface area contributed by atoms with Crippen LogP contribution in [0, 0.1) is 13.8 Å². The van der Waals surface area contributed by atoms with Crippen LogP contribution in [0.5, 0.6) is 5.75 Å². The summed E-state index contributed by atoms with van der Waals surface area (Å²) in [5.41, 5.74) is 2.89. The molecule has 0 aliphatic carbocycles. The van der Waals surface area contributed by atoms with Gasteiger partial charge in [0, 0.05) is 13.2 Å². The van der Waals surface area contributed by atoms with Gasteiger partial charge in [0.1, 0.15) is 17.3 Å². The number of aliphatic imine (C=N–C) groups is 1. The van der Waals surface area contributed by atoms with Crippen LogP contribution in [0.2, 0.25) is 13.1 Å². The van der Waals surface area contributed by atoms with E-state index in [1.165, 1.54) is 5.56 Å². The van der Waals surface area contributed by atoms with Crippen LogP contribution in [-0.4, -0.2) is 24.8 Å². The molecule has 20 heavy (non-hydrogen) atoms. The van der Waals surface area contributed by atoms with Crippen molar-refractivity contribution in [3.8, 4) is 5.75 Å². The summed E-state index contributed by atoms with van der Waals surface area (Å²) >= 11 is 0. The number of hydrogen-bond donors (Lipinski definition) is 0. The van der Waals surface area contributed by atoms with E-state index in [-0.39, 0.29) is 0 Å². The van der Waals surface area contributed by atoms with E-state index in [0.717, 1.165) is 23.0 Å². The average Bonchev–Trinajstić information content (AvgIpc) is 2.67. The molecule has 2 rings (SSSR count). The van der Waals surface area contributed by atoms with E-state index in [9.17, 15) is 0 Å². The van der Waals surface area contributed by atoms with E-state index in [2.05, 4.69) is 30.0 Å². The van der Waals surface area contributed by atoms with Crippen molar-refractivity contribution in [1.82, 2.24) is 9.55 Å². The summed E-state index contributed by atoms with van der Waals surface area (Å²) in [6, 6.07) is 6.07. The Labute approximate surface area is 121 Å². The summed E-state index contributed by atoms with van der Waals surface area (Å²) in [5.74, 6) is 1.83. The summed E-state index contributed by atoms with van der Waals surface area (Å²) in [7, 11) is 1.17. The fourth-order valence-electron chi connectivity index (χ4n) is 1.81. The number of hydrogen-bond acceptors (Lipinski definition) is 3. The smallest absolute Gasteiger partial charge is 0.274 e. The van der Waals surface area contributed by atoms with Gasteiger partial charge in [-0.05, 0) is 44.6 Å². The molecule has 2 aromatic rings. The van der Waals surface area contributed by atoms with E-state index >= 15 is 0 Å². The molecule has 0 saturated carbocycles. The monoisotopic (exact) mass is 286 g/mol. The van der Waals surface area contributed by atoms with Crippen LogP contribution < -0.4 is 4.43 Å². The van der Waals surface area contributed by atoms with Gasteiger partial charge >= 0.3 is 0 Å². The Morgan fingerprint density at radius 2 is 2.05 bits per heavy atom. The average molecular weight is 286 g/mol. The molecule has 0 fully saturated rings. The highest BCUT2D eigenvalue weighted by Crippen LogP contribution is 2.29. The number of aryl methyl sites for hydroxylation is 3. The van der Waals surface area contributed by atoms with Crippen LogP contribution in [-0.2, 0) is 7.05 Å². The second kappa shape index (κ2) is 6.05. The minimum Gasteiger partial charge on any atom is -0.541 e. The van der Waals surface area contributed by atoms with Crippen molar-refractivity contribution >= 4 is 20.9 Å². The van der Waals surface area contributed by atoms with Gasteiger partial charge in [-0.15, -0.1) is 0 Å². The van der Waals surface area contributed by atoms with Crippen molar-refractivity contribution in [1.29, 1.82) is 0 Å². The first-order valence-electron chi connectivity index (χ1n) is 6.58. The van der Waals surface area contributed by atoms with Gasteiger partial charge in [-0.25, -0.2) is 4.98 Å². The van der Waals surface area contributed by atoms with Gasteiger partial charge in [-0.3, -0.25) is 4.99 Å². The van der Waals surface area contributed by atoms with E-state index < -0.39 is 9.04 Å². The summed E-state index contributed by atoms with van der Waals surface area (Å²) in [6.45, 7) is 8.26. The predicted molar refractivity (Wildman–Crippen MR) is 84.5 cm³/mol. The molecule has 0 unspecified atom stereocenters. The van der Waals surface area contributed by atoms with Crippen molar-refractivity contribution in [2.24, 2.45) is 12.0 Å². The molecular formula is C15H20N3OSi. The molecular weight excluding hydrogens is 266 g/mol. The molecule has 5 heteroatoms. The molecule has 1 aromatic carbocycles. The highest BCUT2D eigenvalue weighted by Gasteiger charge is 2.06. The third kappa shape index (κ3) is 3.57. The van der Waals surface area contributed by atoms with Crippen LogP contribution in [0.1, 0.15) is 17.1 Å². The Morgan fingerprint density at radius 3 is 2.65 bits per heavy atom. The first-order valence-corrected chi connectivity index (χ1v) is 8.99. The summed E-state index contributed by atoms with van der Waals surface area (Å²) in [6.07, 6.45) is 3.74. The number of nitrogens with zero attached hydrogens (tertiary/aromatic N) is 3. The predicted octanol–water partition coefficient (Wildman–Crippen LogP) is 3.42. The van der Waals surface area contributed by atoms with Crippen molar-refractivity contribution in [2.45, 2.75) is 26.9 Å². The first-order chi connectivity index (χ1) is 9.45. The topological polar surface area (TPSA) is 39.4 Å². The maximum Gasteiger partial charge on any atom is 0.274 e. The summed E-state index contributed by atoms with van der Waals surface area (Å²) in [5, 5.41) is 0. The molecule has 0 aliphatic heterocycles. The maximum absolute atomic E-state index is 5.91. The maximum atomic E-state index is 5.91. The van der Waals surface area contributed by atoms with Gasteiger partial charge in [0.05, 0.1) is 11.9 Å². The summed E-state index contributed by atoms with van der Waals surface area (Å²) < 4.78 is 7.89. The normalized spacial score (nSPS) is 11.5. The van der Waals surface area contributed by atoms with Crippen molar-refractivity contribution in [3.05, 3.63) is 41.5 Å². The van der Waals surface area contributed by atoms with Gasteiger partial charge in [0.25, 0.3) is 9.04 Å². The van der Waals surface area contributed by atoms with Crippen molar-refractivity contribution in [3.63, 3.8) is 0 Å². The number of imidazole rings is 1. The van der Waals surface area contributed by atoms with Crippen LogP contribution in [0.4, 0.5) is 5.69 Å². The van der Waals surface area contributed by atoms with Gasteiger partial charge in [0.15, 0.2) is 0 Å². The standard InChI is InChI=1S/C15H20N3OSi/c1-11-6-7-14(15(8-11)19-20(4)5)16-9-13-10-18(3)12(2)17-13/h6-10H,1-5H3. The zero-order valence-corrected chi connectivity index (χ0v) is 13.6. The van der Waals surface area contributed by atoms with Gasteiger partial charge in [0.2, 0.25) is 0 Å². The molecule has 4 nitrogen and oxygen atoms in total. The molecule has 0 atom stereocenters. The molecule has 1 heterocycles. The lowest BCUT2D eigenvalue weighted by atomic mass is 10.2. The Balaban J connectivity index is 2.28. The highest BCUT2D eigenvalue weighted by atomic mass is 28.3. The van der Waals surface area contributed by atoms with E-state index in [1.807, 2.05) is 42.9 Å². The molecule has 105 valence electrons. The molecule has 0 amide bonds. The molecule has 0 aliphatic rings. The quantitative estimate of drug-likeness (QED) is 0.638. The minimum absolute atomic E-state index is 0.804. The van der Waals surface area contributed by atoms with Gasteiger partial charge < -0.3 is 8.99 Å². The fraction of sp³-hybridized carbons (Fsp3) is 0.333. The largest absolute Gasteiger partial charge is 0.541 e. The molecule has 0 bridgehead atoms. The summed E-state index contributed by atoms with van der Waals surface area (Å²) in [4.78, 5) is 8.93. The Kier molecular flexibility index (Phi) is 4.39. The lowest BCUT2D eigenvalue weighted by Crippen LogP contribution is -2.11. The Morgan fingerprint density at radius 1 is 1.30 bits per heavy atom. The zero-order valence-electron chi connectivity index (χ0n) is 12.6. The van der Waals surface area contributed by atoms with Crippen molar-refractivity contribution < 1.29 is 4.43 Å².